The summed E-state index contributed by atoms with van der Waals surface area (Å²) in [6, 6.07) is 15.9. The standard InChI is InChI=1S/C26H32N4O3/c1-29(25(31)18-30-14-10-22(11-15-30)26-27-12-13-28-26)17-21-8-9-23(24(16-21)32-2)33-19-20-6-4-3-5-7-20/h3-9,12-13,16,22H,10-11,14-15,17-19H2,1-2H3,(H,27,28). The SMILES string of the molecule is COc1cc(CN(C)C(=O)CN2CCC(c3ncc[nH]3)CC2)ccc1OCc1ccccc1. The van der Waals surface area contributed by atoms with Gasteiger partial charge in [0.1, 0.15) is 12.4 Å². The minimum atomic E-state index is 0.120. The van der Waals surface area contributed by atoms with Gasteiger partial charge < -0.3 is 19.4 Å². The van der Waals surface area contributed by atoms with E-state index < -0.39 is 0 Å². The van der Waals surface area contributed by atoms with Crippen molar-refractivity contribution in [3.63, 3.8) is 0 Å². The fraction of sp³-hybridized carbons (Fsp3) is 0.385. The largest absolute Gasteiger partial charge is 0.493 e. The molecule has 33 heavy (non-hydrogen) atoms. The number of hydrogen-bond donors (Lipinski definition) is 1. The van der Waals surface area contributed by atoms with Crippen LogP contribution in [0.2, 0.25) is 0 Å². The van der Waals surface area contributed by atoms with E-state index in [2.05, 4.69) is 14.9 Å². The molecule has 174 valence electrons. The number of aromatic nitrogens is 2. The molecule has 0 radical (unpaired) electrons. The van der Waals surface area contributed by atoms with Gasteiger partial charge in [-0.15, -0.1) is 0 Å². The summed E-state index contributed by atoms with van der Waals surface area (Å²) in [4.78, 5) is 24.4. The van der Waals surface area contributed by atoms with Crippen LogP contribution >= 0.6 is 0 Å². The van der Waals surface area contributed by atoms with Gasteiger partial charge >= 0.3 is 0 Å². The number of carbonyl (C=O) groups excluding carboxylic acids is 1. The molecule has 1 aliphatic heterocycles. The van der Waals surface area contributed by atoms with Crippen LogP contribution in [0.3, 0.4) is 0 Å². The zero-order chi connectivity index (χ0) is 23.0. The van der Waals surface area contributed by atoms with Gasteiger partial charge in [-0.1, -0.05) is 36.4 Å². The van der Waals surface area contributed by atoms with Crippen LogP contribution in [0, 0.1) is 0 Å². The molecule has 3 aromatic rings. The summed E-state index contributed by atoms with van der Waals surface area (Å²) in [5.74, 6) is 3.00. The van der Waals surface area contributed by atoms with E-state index in [0.29, 0.717) is 37.1 Å². The van der Waals surface area contributed by atoms with Crippen LogP contribution in [0.25, 0.3) is 0 Å². The highest BCUT2D eigenvalue weighted by molar-refractivity contribution is 5.78. The van der Waals surface area contributed by atoms with Gasteiger partial charge in [0.05, 0.1) is 13.7 Å². The number of carbonyl (C=O) groups is 1. The number of aromatic amines is 1. The predicted octanol–water partition coefficient (Wildman–Crippen LogP) is 3.84. The third-order valence-corrected chi connectivity index (χ3v) is 6.16. The lowest BCUT2D eigenvalue weighted by molar-refractivity contribution is -0.131. The molecule has 0 aliphatic carbocycles. The van der Waals surface area contributed by atoms with Crippen molar-refractivity contribution in [2.24, 2.45) is 0 Å². The van der Waals surface area contributed by atoms with Gasteiger partial charge in [0, 0.05) is 31.9 Å². The Balaban J connectivity index is 1.27. The van der Waals surface area contributed by atoms with Gasteiger partial charge in [0.15, 0.2) is 11.5 Å². The fourth-order valence-corrected chi connectivity index (χ4v) is 4.20. The summed E-state index contributed by atoms with van der Waals surface area (Å²) in [6.45, 7) is 3.26. The maximum atomic E-state index is 12.8. The first kappa shape index (κ1) is 22.9. The van der Waals surface area contributed by atoms with E-state index in [0.717, 1.165) is 42.9 Å². The minimum Gasteiger partial charge on any atom is -0.493 e. The number of imidazole rings is 1. The summed E-state index contributed by atoms with van der Waals surface area (Å²) in [6.07, 6.45) is 5.71. The van der Waals surface area contributed by atoms with Crippen LogP contribution in [0.1, 0.15) is 35.7 Å². The van der Waals surface area contributed by atoms with E-state index in [1.54, 1.807) is 18.2 Å². The summed E-state index contributed by atoms with van der Waals surface area (Å²) in [5.41, 5.74) is 2.11. The molecule has 2 aromatic carbocycles. The molecule has 0 spiro atoms. The van der Waals surface area contributed by atoms with Crippen LogP contribution in [0.15, 0.2) is 60.9 Å². The van der Waals surface area contributed by atoms with E-state index in [-0.39, 0.29) is 5.91 Å². The molecule has 1 saturated heterocycles. The van der Waals surface area contributed by atoms with Crippen LogP contribution in [0.4, 0.5) is 0 Å². The second-order valence-electron chi connectivity index (χ2n) is 8.53. The Hall–Kier alpha value is -3.32. The van der Waals surface area contributed by atoms with E-state index >= 15 is 0 Å². The Labute approximate surface area is 195 Å². The molecule has 1 amide bonds. The van der Waals surface area contributed by atoms with Crippen molar-refractivity contribution in [1.82, 2.24) is 19.8 Å². The highest BCUT2D eigenvalue weighted by Gasteiger charge is 2.24. The van der Waals surface area contributed by atoms with E-state index in [1.165, 1.54) is 0 Å². The number of amides is 1. The first-order valence-electron chi connectivity index (χ1n) is 11.4. The van der Waals surface area contributed by atoms with Crippen LogP contribution in [-0.4, -0.2) is 59.5 Å². The van der Waals surface area contributed by atoms with Crippen molar-refractivity contribution in [2.45, 2.75) is 31.9 Å². The quantitative estimate of drug-likeness (QED) is 0.539. The number of piperidine rings is 1. The van der Waals surface area contributed by atoms with Crippen molar-refractivity contribution in [2.75, 3.05) is 33.8 Å². The zero-order valence-corrected chi connectivity index (χ0v) is 19.4. The fourth-order valence-electron chi connectivity index (χ4n) is 4.20. The van der Waals surface area contributed by atoms with Gasteiger partial charge in [-0.3, -0.25) is 9.69 Å². The second-order valence-corrected chi connectivity index (χ2v) is 8.53. The predicted molar refractivity (Wildman–Crippen MR) is 127 cm³/mol. The lowest BCUT2D eigenvalue weighted by atomic mass is 9.96. The lowest BCUT2D eigenvalue weighted by Gasteiger charge is -2.31. The van der Waals surface area contributed by atoms with Crippen molar-refractivity contribution in [3.05, 3.63) is 77.9 Å². The van der Waals surface area contributed by atoms with Crippen LogP contribution in [-0.2, 0) is 17.9 Å². The molecule has 1 aromatic heterocycles. The van der Waals surface area contributed by atoms with Gasteiger partial charge in [-0.25, -0.2) is 4.98 Å². The molecule has 1 N–H and O–H groups in total. The molecule has 7 heteroatoms. The second kappa shape index (κ2) is 11.0. The van der Waals surface area contributed by atoms with Crippen molar-refractivity contribution < 1.29 is 14.3 Å². The summed E-state index contributed by atoms with van der Waals surface area (Å²) in [5, 5.41) is 0. The molecule has 7 nitrogen and oxygen atoms in total. The molecule has 4 rings (SSSR count). The van der Waals surface area contributed by atoms with Crippen molar-refractivity contribution in [1.29, 1.82) is 0 Å². The Morgan fingerprint density at radius 1 is 1.12 bits per heavy atom. The van der Waals surface area contributed by atoms with Gasteiger partial charge in [0.2, 0.25) is 5.91 Å². The summed E-state index contributed by atoms with van der Waals surface area (Å²) >= 11 is 0. The Kier molecular flexibility index (Phi) is 7.62. The molecular formula is C26H32N4O3. The molecule has 2 heterocycles. The number of H-pyrrole nitrogens is 1. The van der Waals surface area contributed by atoms with E-state index in [1.807, 2.05) is 61.8 Å². The molecule has 0 unspecified atom stereocenters. The third kappa shape index (κ3) is 6.14. The summed E-state index contributed by atoms with van der Waals surface area (Å²) < 4.78 is 11.5. The van der Waals surface area contributed by atoms with Gasteiger partial charge in [-0.05, 0) is 49.2 Å². The molecule has 1 aliphatic rings. The first-order valence-corrected chi connectivity index (χ1v) is 11.4. The smallest absolute Gasteiger partial charge is 0.236 e. The molecule has 1 fully saturated rings. The number of nitrogens with one attached hydrogen (secondary N) is 1. The third-order valence-electron chi connectivity index (χ3n) is 6.16. The molecule has 0 atom stereocenters. The highest BCUT2D eigenvalue weighted by atomic mass is 16.5. The topological polar surface area (TPSA) is 70.7 Å². The Bertz CT molecular complexity index is 1020. The van der Waals surface area contributed by atoms with Gasteiger partial charge in [0.25, 0.3) is 0 Å². The minimum absolute atomic E-state index is 0.120. The number of ether oxygens (including phenoxy) is 2. The number of hydrogen-bond acceptors (Lipinski definition) is 5. The van der Waals surface area contributed by atoms with E-state index in [9.17, 15) is 4.79 Å². The monoisotopic (exact) mass is 448 g/mol. The number of benzene rings is 2. The average molecular weight is 449 g/mol. The van der Waals surface area contributed by atoms with Crippen LogP contribution < -0.4 is 9.47 Å². The zero-order valence-electron chi connectivity index (χ0n) is 19.4. The average Bonchev–Trinajstić information content (AvgIpc) is 3.39. The molecular weight excluding hydrogens is 416 g/mol. The summed E-state index contributed by atoms with van der Waals surface area (Å²) in [7, 11) is 3.49. The lowest BCUT2D eigenvalue weighted by Crippen LogP contribution is -2.41. The van der Waals surface area contributed by atoms with Crippen molar-refractivity contribution >= 4 is 5.91 Å². The number of nitrogens with zero attached hydrogens (tertiary/aromatic N) is 3. The number of methoxy groups -OCH3 is 1. The number of likely N-dealkylation sites (N-methyl/N-ethyl adjacent to an activating group) is 1. The molecule has 0 bridgehead atoms. The first-order chi connectivity index (χ1) is 16.1. The maximum absolute atomic E-state index is 12.8. The normalized spacial score (nSPS) is 14.7. The van der Waals surface area contributed by atoms with Crippen LogP contribution in [0.5, 0.6) is 11.5 Å². The van der Waals surface area contributed by atoms with Gasteiger partial charge in [-0.2, -0.15) is 0 Å². The Morgan fingerprint density at radius 3 is 2.61 bits per heavy atom. The highest BCUT2D eigenvalue weighted by Crippen LogP contribution is 2.29. The number of likely N-dealkylation sites (tertiary alicyclic amines) is 1. The Morgan fingerprint density at radius 2 is 1.91 bits per heavy atom. The van der Waals surface area contributed by atoms with E-state index in [4.69, 9.17) is 9.47 Å². The maximum Gasteiger partial charge on any atom is 0.236 e. The number of rotatable bonds is 9. The molecule has 0 saturated carbocycles. The van der Waals surface area contributed by atoms with Crippen molar-refractivity contribution in [3.8, 4) is 11.5 Å².